The van der Waals surface area contributed by atoms with Gasteiger partial charge in [0, 0.05) is 26.2 Å². The lowest BCUT2D eigenvalue weighted by Crippen LogP contribution is -2.55. The van der Waals surface area contributed by atoms with Crippen molar-refractivity contribution in [2.75, 3.05) is 32.7 Å². The standard InChI is InChI=1S/C19H30N2O2/c1-6-20-11-13-21(14-12-20)18(22)19(4,5)23-17-10-8-7-9-16(17)15(2)3/h7-10,15H,6,11-14H2,1-5H3. The zero-order valence-electron chi connectivity index (χ0n) is 15.1. The van der Waals surface area contributed by atoms with Gasteiger partial charge in [-0.05, 0) is 37.9 Å². The Hall–Kier alpha value is -1.55. The van der Waals surface area contributed by atoms with E-state index in [0.29, 0.717) is 5.92 Å². The van der Waals surface area contributed by atoms with Gasteiger partial charge < -0.3 is 14.5 Å². The minimum atomic E-state index is -0.848. The van der Waals surface area contributed by atoms with Crippen molar-refractivity contribution >= 4 is 5.91 Å². The first-order valence-electron chi connectivity index (χ1n) is 8.64. The van der Waals surface area contributed by atoms with Gasteiger partial charge in [-0.3, -0.25) is 4.79 Å². The number of amides is 1. The highest BCUT2D eigenvalue weighted by molar-refractivity contribution is 5.85. The number of benzene rings is 1. The Morgan fingerprint density at radius 1 is 1.17 bits per heavy atom. The zero-order chi connectivity index (χ0) is 17.0. The second-order valence-corrected chi connectivity index (χ2v) is 7.03. The number of para-hydroxylation sites is 1. The number of carbonyl (C=O) groups is 1. The van der Waals surface area contributed by atoms with Crippen molar-refractivity contribution in [2.45, 2.75) is 46.1 Å². The minimum absolute atomic E-state index is 0.0758. The Morgan fingerprint density at radius 2 is 1.78 bits per heavy atom. The molecule has 0 saturated carbocycles. The van der Waals surface area contributed by atoms with E-state index in [2.05, 4.69) is 31.7 Å². The predicted octanol–water partition coefficient (Wildman–Crippen LogP) is 3.13. The summed E-state index contributed by atoms with van der Waals surface area (Å²) in [6.45, 7) is 14.7. The van der Waals surface area contributed by atoms with Crippen molar-refractivity contribution in [1.82, 2.24) is 9.80 Å². The van der Waals surface area contributed by atoms with E-state index in [1.54, 1.807) is 0 Å². The van der Waals surface area contributed by atoms with Gasteiger partial charge in [0.1, 0.15) is 5.75 Å². The van der Waals surface area contributed by atoms with E-state index in [0.717, 1.165) is 44.0 Å². The quantitative estimate of drug-likeness (QED) is 0.836. The molecule has 0 aliphatic carbocycles. The molecule has 1 aliphatic rings. The van der Waals surface area contributed by atoms with Gasteiger partial charge in [0.25, 0.3) is 5.91 Å². The largest absolute Gasteiger partial charge is 0.478 e. The topological polar surface area (TPSA) is 32.8 Å². The van der Waals surface area contributed by atoms with Crippen LogP contribution in [0.1, 0.15) is 46.1 Å². The predicted molar refractivity (Wildman–Crippen MR) is 93.9 cm³/mol. The van der Waals surface area contributed by atoms with Gasteiger partial charge in [0.2, 0.25) is 0 Å². The van der Waals surface area contributed by atoms with E-state index < -0.39 is 5.60 Å². The number of hydrogen-bond donors (Lipinski definition) is 0. The van der Waals surface area contributed by atoms with E-state index in [4.69, 9.17) is 4.74 Å². The lowest BCUT2D eigenvalue weighted by atomic mass is 10.0. The molecular weight excluding hydrogens is 288 g/mol. The molecule has 0 radical (unpaired) electrons. The number of hydrogen-bond acceptors (Lipinski definition) is 3. The molecule has 0 aromatic heterocycles. The van der Waals surface area contributed by atoms with Crippen LogP contribution in [-0.2, 0) is 4.79 Å². The van der Waals surface area contributed by atoms with Crippen molar-refractivity contribution in [3.05, 3.63) is 29.8 Å². The molecule has 1 aromatic rings. The van der Waals surface area contributed by atoms with Crippen LogP contribution < -0.4 is 4.74 Å². The Kier molecular flexibility index (Phi) is 5.69. The van der Waals surface area contributed by atoms with E-state index >= 15 is 0 Å². The molecule has 0 spiro atoms. The molecule has 0 atom stereocenters. The van der Waals surface area contributed by atoms with Gasteiger partial charge in [-0.25, -0.2) is 0 Å². The molecule has 128 valence electrons. The summed E-state index contributed by atoms with van der Waals surface area (Å²) in [4.78, 5) is 17.2. The molecule has 1 amide bonds. The number of likely N-dealkylation sites (N-methyl/N-ethyl adjacent to an activating group) is 1. The second-order valence-electron chi connectivity index (χ2n) is 7.03. The molecule has 1 aromatic carbocycles. The molecule has 1 saturated heterocycles. The maximum Gasteiger partial charge on any atom is 0.266 e. The van der Waals surface area contributed by atoms with E-state index in [1.807, 2.05) is 36.9 Å². The van der Waals surface area contributed by atoms with Gasteiger partial charge in [-0.1, -0.05) is 39.0 Å². The monoisotopic (exact) mass is 318 g/mol. The molecule has 0 bridgehead atoms. The molecule has 4 heteroatoms. The molecule has 0 N–H and O–H groups in total. The summed E-state index contributed by atoms with van der Waals surface area (Å²) < 4.78 is 6.16. The highest BCUT2D eigenvalue weighted by Crippen LogP contribution is 2.29. The summed E-state index contributed by atoms with van der Waals surface area (Å²) in [5, 5.41) is 0. The van der Waals surface area contributed by atoms with Crippen LogP contribution >= 0.6 is 0 Å². The third-order valence-electron chi connectivity index (χ3n) is 4.53. The van der Waals surface area contributed by atoms with Crippen LogP contribution in [0.15, 0.2) is 24.3 Å². The summed E-state index contributed by atoms with van der Waals surface area (Å²) in [6.07, 6.45) is 0. The minimum Gasteiger partial charge on any atom is -0.478 e. The average Bonchev–Trinajstić information content (AvgIpc) is 2.54. The van der Waals surface area contributed by atoms with Crippen LogP contribution in [0.25, 0.3) is 0 Å². The summed E-state index contributed by atoms with van der Waals surface area (Å²) >= 11 is 0. The maximum atomic E-state index is 12.9. The van der Waals surface area contributed by atoms with Gasteiger partial charge in [0.05, 0.1) is 0 Å². The normalized spacial score (nSPS) is 16.7. The average molecular weight is 318 g/mol. The third-order valence-corrected chi connectivity index (χ3v) is 4.53. The van der Waals surface area contributed by atoms with Gasteiger partial charge in [-0.15, -0.1) is 0 Å². The lowest BCUT2D eigenvalue weighted by molar-refractivity contribution is -0.147. The van der Waals surface area contributed by atoms with Crippen molar-refractivity contribution in [3.63, 3.8) is 0 Å². The first kappa shape index (κ1) is 17.8. The summed E-state index contributed by atoms with van der Waals surface area (Å²) in [6, 6.07) is 8.00. The number of rotatable bonds is 5. The summed E-state index contributed by atoms with van der Waals surface area (Å²) in [5.41, 5.74) is 0.295. The molecular formula is C19H30N2O2. The highest BCUT2D eigenvalue weighted by atomic mass is 16.5. The molecule has 2 rings (SSSR count). The van der Waals surface area contributed by atoms with Crippen LogP contribution in [0.5, 0.6) is 5.75 Å². The fourth-order valence-electron chi connectivity index (χ4n) is 3.02. The zero-order valence-corrected chi connectivity index (χ0v) is 15.1. The molecule has 4 nitrogen and oxygen atoms in total. The number of nitrogens with zero attached hydrogens (tertiary/aromatic N) is 2. The third kappa shape index (κ3) is 4.25. The van der Waals surface area contributed by atoms with Crippen molar-refractivity contribution in [3.8, 4) is 5.75 Å². The van der Waals surface area contributed by atoms with Crippen LogP contribution in [-0.4, -0.2) is 54.0 Å². The molecule has 1 aliphatic heterocycles. The molecule has 23 heavy (non-hydrogen) atoms. The van der Waals surface area contributed by atoms with Crippen LogP contribution in [0, 0.1) is 0 Å². The number of piperazine rings is 1. The maximum absolute atomic E-state index is 12.9. The second kappa shape index (κ2) is 7.35. The Balaban J connectivity index is 2.08. The van der Waals surface area contributed by atoms with Crippen LogP contribution in [0.3, 0.4) is 0 Å². The SMILES string of the molecule is CCN1CCN(C(=O)C(C)(C)Oc2ccccc2C(C)C)CC1. The smallest absolute Gasteiger partial charge is 0.266 e. The van der Waals surface area contributed by atoms with Crippen molar-refractivity contribution < 1.29 is 9.53 Å². The fourth-order valence-corrected chi connectivity index (χ4v) is 3.02. The Morgan fingerprint density at radius 3 is 2.35 bits per heavy atom. The highest BCUT2D eigenvalue weighted by Gasteiger charge is 2.36. The molecule has 0 unspecified atom stereocenters. The molecule has 1 heterocycles. The van der Waals surface area contributed by atoms with Crippen LogP contribution in [0.2, 0.25) is 0 Å². The fraction of sp³-hybridized carbons (Fsp3) is 0.632. The number of carbonyl (C=O) groups excluding carboxylic acids is 1. The van der Waals surface area contributed by atoms with Gasteiger partial charge in [-0.2, -0.15) is 0 Å². The van der Waals surface area contributed by atoms with Gasteiger partial charge in [0.15, 0.2) is 5.60 Å². The molecule has 1 fully saturated rings. The van der Waals surface area contributed by atoms with Crippen LogP contribution in [0.4, 0.5) is 0 Å². The summed E-state index contributed by atoms with van der Waals surface area (Å²) in [5.74, 6) is 1.25. The van der Waals surface area contributed by atoms with E-state index in [1.165, 1.54) is 0 Å². The van der Waals surface area contributed by atoms with E-state index in [9.17, 15) is 4.79 Å². The summed E-state index contributed by atoms with van der Waals surface area (Å²) in [7, 11) is 0. The first-order chi connectivity index (χ1) is 10.8. The van der Waals surface area contributed by atoms with Gasteiger partial charge >= 0.3 is 0 Å². The van der Waals surface area contributed by atoms with Crippen molar-refractivity contribution in [1.29, 1.82) is 0 Å². The first-order valence-corrected chi connectivity index (χ1v) is 8.64. The number of ether oxygens (including phenoxy) is 1. The van der Waals surface area contributed by atoms with Crippen molar-refractivity contribution in [2.24, 2.45) is 0 Å². The Bertz CT molecular complexity index is 532. The Labute approximate surface area is 140 Å². The van der Waals surface area contributed by atoms with E-state index in [-0.39, 0.29) is 5.91 Å². The lowest BCUT2D eigenvalue weighted by Gasteiger charge is -2.38.